The second-order valence-electron chi connectivity index (χ2n) is 6.58. The molecule has 0 aromatic heterocycles. The molecule has 2 aliphatic rings. The van der Waals surface area contributed by atoms with Crippen molar-refractivity contribution in [1.82, 2.24) is 10.2 Å². The number of halogens is 1. The summed E-state index contributed by atoms with van der Waals surface area (Å²) in [6.07, 6.45) is 4.01. The molecule has 1 aromatic carbocycles. The van der Waals surface area contributed by atoms with Crippen molar-refractivity contribution >= 4 is 29.9 Å². The van der Waals surface area contributed by atoms with Gasteiger partial charge in [-0.15, -0.1) is 24.0 Å². The topological polar surface area (TPSA) is 62.9 Å². The predicted octanol–water partition coefficient (Wildman–Crippen LogP) is 2.34. The number of hydrogen-bond donors (Lipinski definition) is 2. The van der Waals surface area contributed by atoms with Crippen LogP contribution in [0.25, 0.3) is 0 Å². The van der Waals surface area contributed by atoms with Crippen molar-refractivity contribution in [3.05, 3.63) is 35.4 Å². The van der Waals surface area contributed by atoms with Crippen LogP contribution in [0.2, 0.25) is 0 Å². The van der Waals surface area contributed by atoms with E-state index in [4.69, 9.17) is 10.5 Å². The third kappa shape index (κ3) is 6.22. The number of guanidine groups is 1. The van der Waals surface area contributed by atoms with Crippen molar-refractivity contribution in [1.29, 1.82) is 0 Å². The zero-order valence-electron chi connectivity index (χ0n) is 14.2. The highest BCUT2D eigenvalue weighted by molar-refractivity contribution is 14.0. The molecule has 0 bridgehead atoms. The maximum Gasteiger partial charge on any atom is 0.188 e. The molecule has 0 radical (unpaired) electrons. The van der Waals surface area contributed by atoms with E-state index < -0.39 is 0 Å². The summed E-state index contributed by atoms with van der Waals surface area (Å²) in [7, 11) is 0. The molecule has 2 fully saturated rings. The summed E-state index contributed by atoms with van der Waals surface area (Å²) >= 11 is 0. The van der Waals surface area contributed by atoms with Gasteiger partial charge in [0.15, 0.2) is 5.96 Å². The van der Waals surface area contributed by atoms with Crippen LogP contribution in [-0.2, 0) is 17.8 Å². The van der Waals surface area contributed by atoms with Crippen molar-refractivity contribution in [3.63, 3.8) is 0 Å². The first-order valence-corrected chi connectivity index (χ1v) is 8.71. The molecule has 0 amide bonds. The van der Waals surface area contributed by atoms with Gasteiger partial charge in [-0.3, -0.25) is 4.90 Å². The Bertz CT molecular complexity index is 510. The third-order valence-electron chi connectivity index (χ3n) is 4.76. The van der Waals surface area contributed by atoms with Gasteiger partial charge < -0.3 is 15.8 Å². The Morgan fingerprint density at radius 1 is 1.17 bits per heavy atom. The number of ether oxygens (including phenoxy) is 1. The van der Waals surface area contributed by atoms with Crippen LogP contribution in [0.1, 0.15) is 30.4 Å². The van der Waals surface area contributed by atoms with E-state index in [1.165, 1.54) is 30.4 Å². The predicted molar refractivity (Wildman–Crippen MR) is 109 cm³/mol. The number of nitrogens with one attached hydrogen (secondary N) is 1. The van der Waals surface area contributed by atoms with Crippen LogP contribution in [0.4, 0.5) is 0 Å². The van der Waals surface area contributed by atoms with E-state index in [1.54, 1.807) is 0 Å². The van der Waals surface area contributed by atoms with Crippen LogP contribution in [0, 0.1) is 5.92 Å². The minimum atomic E-state index is 0. The van der Waals surface area contributed by atoms with Gasteiger partial charge in [-0.1, -0.05) is 30.7 Å². The maximum atomic E-state index is 5.92. The third-order valence-corrected chi connectivity index (χ3v) is 4.76. The quantitative estimate of drug-likeness (QED) is 0.402. The molecule has 6 heteroatoms. The Morgan fingerprint density at radius 3 is 2.46 bits per heavy atom. The summed E-state index contributed by atoms with van der Waals surface area (Å²) < 4.78 is 5.38. The number of hydrogen-bond acceptors (Lipinski definition) is 3. The fourth-order valence-electron chi connectivity index (χ4n) is 2.95. The zero-order valence-corrected chi connectivity index (χ0v) is 16.6. The lowest BCUT2D eigenvalue weighted by molar-refractivity contribution is 0.0342. The van der Waals surface area contributed by atoms with Crippen molar-refractivity contribution < 1.29 is 4.74 Å². The number of morpholine rings is 1. The van der Waals surface area contributed by atoms with Crippen LogP contribution in [0.5, 0.6) is 0 Å². The number of nitrogens with two attached hydrogens (primary N) is 1. The van der Waals surface area contributed by atoms with Crippen LogP contribution in [0.15, 0.2) is 29.3 Å². The van der Waals surface area contributed by atoms with Crippen LogP contribution < -0.4 is 11.1 Å². The maximum absolute atomic E-state index is 5.92. The van der Waals surface area contributed by atoms with Gasteiger partial charge in [0.2, 0.25) is 0 Å². The van der Waals surface area contributed by atoms with Gasteiger partial charge in [-0.2, -0.15) is 0 Å². The standard InChI is InChI=1S/C18H28N4O.HI/c19-18(20-12-15-2-1-3-15)21-13-16-4-6-17(7-5-16)14-22-8-10-23-11-9-22;/h4-7,15H,1-3,8-14H2,(H3,19,20,21);1H. The van der Waals surface area contributed by atoms with Gasteiger partial charge in [0.25, 0.3) is 0 Å². The molecule has 134 valence electrons. The molecule has 3 rings (SSSR count). The molecule has 1 aliphatic heterocycles. The molecule has 0 spiro atoms. The van der Waals surface area contributed by atoms with Crippen LogP contribution in [0.3, 0.4) is 0 Å². The summed E-state index contributed by atoms with van der Waals surface area (Å²) in [5.74, 6) is 1.36. The summed E-state index contributed by atoms with van der Waals surface area (Å²) in [6, 6.07) is 8.69. The van der Waals surface area contributed by atoms with Crippen molar-refractivity contribution in [3.8, 4) is 0 Å². The largest absolute Gasteiger partial charge is 0.379 e. The average molecular weight is 444 g/mol. The lowest BCUT2D eigenvalue weighted by atomic mass is 9.85. The van der Waals surface area contributed by atoms with Gasteiger partial charge in [0.1, 0.15) is 0 Å². The highest BCUT2D eigenvalue weighted by atomic mass is 127. The van der Waals surface area contributed by atoms with Gasteiger partial charge in [-0.25, -0.2) is 4.99 Å². The molecule has 0 atom stereocenters. The first-order valence-electron chi connectivity index (χ1n) is 8.71. The van der Waals surface area contributed by atoms with E-state index in [0.717, 1.165) is 45.3 Å². The van der Waals surface area contributed by atoms with Gasteiger partial charge >= 0.3 is 0 Å². The van der Waals surface area contributed by atoms with Gasteiger partial charge in [-0.05, 0) is 29.9 Å². The molecule has 1 heterocycles. The molecule has 1 saturated carbocycles. The molecule has 24 heavy (non-hydrogen) atoms. The van der Waals surface area contributed by atoms with Gasteiger partial charge in [0, 0.05) is 26.2 Å². The van der Waals surface area contributed by atoms with Crippen LogP contribution in [-0.4, -0.2) is 43.7 Å². The molecule has 1 aromatic rings. The highest BCUT2D eigenvalue weighted by Gasteiger charge is 2.16. The van der Waals surface area contributed by atoms with E-state index in [1.807, 2.05) is 0 Å². The Hall–Kier alpha value is -0.860. The minimum Gasteiger partial charge on any atom is -0.379 e. The molecule has 3 N–H and O–H groups in total. The summed E-state index contributed by atoms with van der Waals surface area (Å²) in [5, 5.41) is 3.23. The first-order chi connectivity index (χ1) is 11.3. The first kappa shape index (κ1) is 19.5. The fourth-order valence-corrected chi connectivity index (χ4v) is 2.95. The van der Waals surface area contributed by atoms with E-state index in [2.05, 4.69) is 39.5 Å². The lowest BCUT2D eigenvalue weighted by Gasteiger charge is -2.26. The molecular formula is C18H29IN4O. The molecule has 1 aliphatic carbocycles. The van der Waals surface area contributed by atoms with E-state index >= 15 is 0 Å². The Labute approximate surface area is 162 Å². The van der Waals surface area contributed by atoms with E-state index in [9.17, 15) is 0 Å². The summed E-state index contributed by atoms with van der Waals surface area (Å²) in [6.45, 7) is 6.34. The molecule has 0 unspecified atom stereocenters. The number of nitrogens with zero attached hydrogens (tertiary/aromatic N) is 2. The molecular weight excluding hydrogens is 415 g/mol. The number of rotatable bonds is 6. The zero-order chi connectivity index (χ0) is 15.9. The summed E-state index contributed by atoms with van der Waals surface area (Å²) in [5.41, 5.74) is 8.46. The van der Waals surface area contributed by atoms with Crippen molar-refractivity contribution in [2.24, 2.45) is 16.6 Å². The van der Waals surface area contributed by atoms with Crippen LogP contribution >= 0.6 is 24.0 Å². The number of aliphatic imine (C=N–C) groups is 1. The minimum absolute atomic E-state index is 0. The Kier molecular flexibility index (Phi) is 8.28. The SMILES string of the molecule is I.NC(=NCc1ccc(CN2CCOCC2)cc1)NCC1CCC1. The second kappa shape index (κ2) is 10.2. The highest BCUT2D eigenvalue weighted by Crippen LogP contribution is 2.24. The Balaban J connectivity index is 0.00000208. The monoisotopic (exact) mass is 444 g/mol. The van der Waals surface area contributed by atoms with Crippen molar-refractivity contribution in [2.75, 3.05) is 32.8 Å². The summed E-state index contributed by atoms with van der Waals surface area (Å²) in [4.78, 5) is 6.86. The molecule has 5 nitrogen and oxygen atoms in total. The Morgan fingerprint density at radius 2 is 1.83 bits per heavy atom. The lowest BCUT2D eigenvalue weighted by Crippen LogP contribution is -2.37. The number of benzene rings is 1. The molecule has 1 saturated heterocycles. The second-order valence-corrected chi connectivity index (χ2v) is 6.58. The smallest absolute Gasteiger partial charge is 0.188 e. The van der Waals surface area contributed by atoms with Crippen molar-refractivity contribution in [2.45, 2.75) is 32.4 Å². The van der Waals surface area contributed by atoms with E-state index in [0.29, 0.717) is 12.5 Å². The normalized spacial score (nSPS) is 19.4. The average Bonchev–Trinajstić information content (AvgIpc) is 2.54. The van der Waals surface area contributed by atoms with E-state index in [-0.39, 0.29) is 24.0 Å². The van der Waals surface area contributed by atoms with Gasteiger partial charge in [0.05, 0.1) is 19.8 Å². The fraction of sp³-hybridized carbons (Fsp3) is 0.611.